The minimum Gasteiger partial charge on any atom is -0.300 e. The monoisotopic (exact) mass is 168 g/mol. The Morgan fingerprint density at radius 2 is 1.92 bits per heavy atom. The molecule has 0 heterocycles. The van der Waals surface area contributed by atoms with Crippen LogP contribution in [-0.4, -0.2) is 5.78 Å². The highest BCUT2D eigenvalue weighted by molar-refractivity contribution is 5.75. The Labute approximate surface area is 75.9 Å². The van der Waals surface area contributed by atoms with Crippen LogP contribution in [-0.2, 0) is 4.79 Å². The summed E-state index contributed by atoms with van der Waals surface area (Å²) in [6, 6.07) is 0. The fourth-order valence-electron chi connectivity index (χ4n) is 0.820. The number of hydrogen-bond donors (Lipinski definition) is 0. The molecular weight excluding hydrogens is 148 g/mol. The van der Waals surface area contributed by atoms with Gasteiger partial charge in [0.2, 0.25) is 0 Å². The average molecular weight is 168 g/mol. The van der Waals surface area contributed by atoms with E-state index in [4.69, 9.17) is 0 Å². The van der Waals surface area contributed by atoms with Gasteiger partial charge in [0.1, 0.15) is 5.78 Å². The first kappa shape index (κ1) is 11.4. The Morgan fingerprint density at radius 1 is 1.33 bits per heavy atom. The SMILES string of the molecule is CC(=O)CC/C=C/C(C)C(C)C. The van der Waals surface area contributed by atoms with Gasteiger partial charge in [0.25, 0.3) is 0 Å². The molecule has 1 nitrogen and oxygen atoms in total. The highest BCUT2D eigenvalue weighted by Gasteiger charge is 2.00. The molecule has 0 radical (unpaired) electrons. The van der Waals surface area contributed by atoms with Crippen molar-refractivity contribution in [1.82, 2.24) is 0 Å². The summed E-state index contributed by atoms with van der Waals surface area (Å²) in [6.07, 6.45) is 5.90. The highest BCUT2D eigenvalue weighted by atomic mass is 16.1. The van der Waals surface area contributed by atoms with E-state index in [1.807, 2.05) is 0 Å². The second kappa shape index (κ2) is 5.99. The van der Waals surface area contributed by atoms with Gasteiger partial charge in [-0.3, -0.25) is 0 Å². The van der Waals surface area contributed by atoms with E-state index in [2.05, 4.69) is 32.9 Å². The lowest BCUT2D eigenvalue weighted by Crippen LogP contribution is -1.99. The molecule has 0 saturated heterocycles. The standard InChI is InChI=1S/C11H20O/c1-9(2)10(3)7-5-6-8-11(4)12/h5,7,9-10H,6,8H2,1-4H3/b7-5+. The van der Waals surface area contributed by atoms with Crippen LogP contribution in [0, 0.1) is 11.8 Å². The lowest BCUT2D eigenvalue weighted by Gasteiger charge is -2.09. The normalized spacial score (nSPS) is 14.1. The number of carbonyl (C=O) groups excluding carboxylic acids is 1. The van der Waals surface area contributed by atoms with E-state index >= 15 is 0 Å². The zero-order chi connectivity index (χ0) is 9.56. The zero-order valence-corrected chi connectivity index (χ0v) is 8.63. The van der Waals surface area contributed by atoms with Gasteiger partial charge in [-0.2, -0.15) is 0 Å². The van der Waals surface area contributed by atoms with Gasteiger partial charge in [0.05, 0.1) is 0 Å². The summed E-state index contributed by atoms with van der Waals surface area (Å²) >= 11 is 0. The van der Waals surface area contributed by atoms with Gasteiger partial charge in [0.15, 0.2) is 0 Å². The van der Waals surface area contributed by atoms with Crippen molar-refractivity contribution < 1.29 is 4.79 Å². The summed E-state index contributed by atoms with van der Waals surface area (Å²) in [5, 5.41) is 0. The minimum absolute atomic E-state index is 0.275. The predicted molar refractivity (Wildman–Crippen MR) is 53.1 cm³/mol. The van der Waals surface area contributed by atoms with Crippen molar-refractivity contribution in [3.05, 3.63) is 12.2 Å². The van der Waals surface area contributed by atoms with Crippen molar-refractivity contribution in [3.8, 4) is 0 Å². The van der Waals surface area contributed by atoms with Crippen molar-refractivity contribution in [1.29, 1.82) is 0 Å². The van der Waals surface area contributed by atoms with Gasteiger partial charge in [-0.1, -0.05) is 32.9 Å². The first-order chi connectivity index (χ1) is 5.54. The fourth-order valence-corrected chi connectivity index (χ4v) is 0.820. The molecule has 0 aromatic heterocycles. The van der Waals surface area contributed by atoms with E-state index in [1.165, 1.54) is 0 Å². The van der Waals surface area contributed by atoms with E-state index < -0.39 is 0 Å². The summed E-state index contributed by atoms with van der Waals surface area (Å²) in [5.41, 5.74) is 0. The van der Waals surface area contributed by atoms with Crippen LogP contribution in [0.25, 0.3) is 0 Å². The molecule has 1 heteroatoms. The van der Waals surface area contributed by atoms with E-state index in [1.54, 1.807) is 6.92 Å². The molecule has 0 spiro atoms. The lowest BCUT2D eigenvalue weighted by molar-refractivity contribution is -0.116. The maximum atomic E-state index is 10.6. The van der Waals surface area contributed by atoms with E-state index in [-0.39, 0.29) is 5.78 Å². The molecule has 0 aliphatic rings. The third-order valence-corrected chi connectivity index (χ3v) is 2.15. The first-order valence-electron chi connectivity index (χ1n) is 4.70. The molecule has 0 saturated carbocycles. The Hall–Kier alpha value is -0.590. The van der Waals surface area contributed by atoms with E-state index in [0.29, 0.717) is 18.3 Å². The lowest BCUT2D eigenvalue weighted by atomic mass is 9.97. The molecule has 70 valence electrons. The average Bonchev–Trinajstić information content (AvgIpc) is 1.97. The molecule has 1 atom stereocenters. The summed E-state index contributed by atoms with van der Waals surface area (Å²) in [5.74, 6) is 1.59. The van der Waals surface area contributed by atoms with Crippen LogP contribution in [0.3, 0.4) is 0 Å². The number of rotatable bonds is 5. The third-order valence-electron chi connectivity index (χ3n) is 2.15. The zero-order valence-electron chi connectivity index (χ0n) is 8.63. The van der Waals surface area contributed by atoms with Crippen LogP contribution in [0.1, 0.15) is 40.5 Å². The molecule has 1 unspecified atom stereocenters. The predicted octanol–water partition coefficient (Wildman–Crippen LogP) is 3.20. The second-order valence-electron chi connectivity index (χ2n) is 3.77. The maximum Gasteiger partial charge on any atom is 0.130 e. The van der Waals surface area contributed by atoms with Gasteiger partial charge in [-0.05, 0) is 25.2 Å². The molecule has 0 aromatic carbocycles. The Balaban J connectivity index is 3.55. The molecule has 0 aromatic rings. The van der Waals surface area contributed by atoms with Crippen molar-refractivity contribution in [2.24, 2.45) is 11.8 Å². The van der Waals surface area contributed by atoms with Gasteiger partial charge in [-0.25, -0.2) is 0 Å². The Bertz CT molecular complexity index is 156. The maximum absolute atomic E-state index is 10.6. The fraction of sp³-hybridized carbons (Fsp3) is 0.727. The number of ketones is 1. The Kier molecular flexibility index (Phi) is 5.69. The number of carbonyl (C=O) groups is 1. The highest BCUT2D eigenvalue weighted by Crippen LogP contribution is 2.11. The van der Waals surface area contributed by atoms with E-state index in [0.717, 1.165) is 6.42 Å². The third kappa shape index (κ3) is 6.14. The van der Waals surface area contributed by atoms with Crippen LogP contribution in [0.5, 0.6) is 0 Å². The van der Waals surface area contributed by atoms with Crippen LogP contribution < -0.4 is 0 Å². The minimum atomic E-state index is 0.275. The molecule has 0 N–H and O–H groups in total. The molecule has 0 aliphatic heterocycles. The molecule has 0 fully saturated rings. The largest absolute Gasteiger partial charge is 0.300 e. The summed E-state index contributed by atoms with van der Waals surface area (Å²) in [6.45, 7) is 8.26. The number of allylic oxidation sites excluding steroid dienone is 2. The number of hydrogen-bond acceptors (Lipinski definition) is 1. The van der Waals surface area contributed by atoms with Gasteiger partial charge in [0, 0.05) is 6.42 Å². The molecular formula is C11H20O. The Morgan fingerprint density at radius 3 is 2.33 bits per heavy atom. The van der Waals surface area contributed by atoms with Gasteiger partial charge < -0.3 is 4.79 Å². The van der Waals surface area contributed by atoms with Crippen molar-refractivity contribution in [2.75, 3.05) is 0 Å². The smallest absolute Gasteiger partial charge is 0.130 e. The molecule has 12 heavy (non-hydrogen) atoms. The second-order valence-corrected chi connectivity index (χ2v) is 3.77. The topological polar surface area (TPSA) is 17.1 Å². The summed E-state index contributed by atoms with van der Waals surface area (Å²) in [4.78, 5) is 10.6. The summed E-state index contributed by atoms with van der Waals surface area (Å²) < 4.78 is 0. The van der Waals surface area contributed by atoms with Crippen molar-refractivity contribution in [3.63, 3.8) is 0 Å². The molecule has 0 aliphatic carbocycles. The molecule has 0 bridgehead atoms. The van der Waals surface area contributed by atoms with Gasteiger partial charge >= 0.3 is 0 Å². The van der Waals surface area contributed by atoms with Crippen LogP contribution in [0.15, 0.2) is 12.2 Å². The van der Waals surface area contributed by atoms with E-state index in [9.17, 15) is 4.79 Å². The summed E-state index contributed by atoms with van der Waals surface area (Å²) in [7, 11) is 0. The number of Topliss-reactive ketones (excluding diaryl/α,β-unsaturated/α-hetero) is 1. The van der Waals surface area contributed by atoms with Crippen molar-refractivity contribution >= 4 is 5.78 Å². The first-order valence-corrected chi connectivity index (χ1v) is 4.70. The van der Waals surface area contributed by atoms with Gasteiger partial charge in [-0.15, -0.1) is 0 Å². The van der Waals surface area contributed by atoms with Crippen LogP contribution >= 0.6 is 0 Å². The quantitative estimate of drug-likeness (QED) is 0.576. The van der Waals surface area contributed by atoms with Crippen molar-refractivity contribution in [2.45, 2.75) is 40.5 Å². The van der Waals surface area contributed by atoms with Crippen LogP contribution in [0.4, 0.5) is 0 Å². The molecule has 0 amide bonds. The molecule has 0 rings (SSSR count). The van der Waals surface area contributed by atoms with Crippen LogP contribution in [0.2, 0.25) is 0 Å².